The van der Waals surface area contributed by atoms with Gasteiger partial charge in [-0.25, -0.2) is 4.39 Å². The predicted molar refractivity (Wildman–Crippen MR) is 70.2 cm³/mol. The molecule has 19 heavy (non-hydrogen) atoms. The Kier molecular flexibility index (Phi) is 4.00. The van der Waals surface area contributed by atoms with Crippen molar-refractivity contribution in [3.63, 3.8) is 0 Å². The van der Waals surface area contributed by atoms with Crippen molar-refractivity contribution in [3.05, 3.63) is 29.6 Å². The second kappa shape index (κ2) is 5.70. The van der Waals surface area contributed by atoms with Gasteiger partial charge >= 0.3 is 0 Å². The molecular weight excluding hydrogens is 245 g/mol. The third kappa shape index (κ3) is 3.22. The van der Waals surface area contributed by atoms with Crippen LogP contribution in [-0.2, 0) is 4.79 Å². The zero-order valence-electron chi connectivity index (χ0n) is 10.8. The van der Waals surface area contributed by atoms with E-state index in [0.717, 1.165) is 31.6 Å². The average Bonchev–Trinajstić information content (AvgIpc) is 2.39. The number of benzene rings is 1. The van der Waals surface area contributed by atoms with Crippen LogP contribution in [0.25, 0.3) is 0 Å². The van der Waals surface area contributed by atoms with E-state index in [4.69, 9.17) is 5.26 Å². The van der Waals surface area contributed by atoms with E-state index >= 15 is 0 Å². The minimum atomic E-state index is -0.482. The first-order valence-corrected chi connectivity index (χ1v) is 6.32. The van der Waals surface area contributed by atoms with Gasteiger partial charge in [-0.1, -0.05) is 0 Å². The second-order valence-corrected chi connectivity index (χ2v) is 4.74. The van der Waals surface area contributed by atoms with Crippen LogP contribution in [0, 0.1) is 17.1 Å². The van der Waals surface area contributed by atoms with Gasteiger partial charge in [-0.2, -0.15) is 5.26 Å². The maximum absolute atomic E-state index is 13.5. The summed E-state index contributed by atoms with van der Waals surface area (Å²) >= 11 is 0. The molecule has 100 valence electrons. The summed E-state index contributed by atoms with van der Waals surface area (Å²) in [4.78, 5) is 13.0. The van der Waals surface area contributed by atoms with Gasteiger partial charge < -0.3 is 10.2 Å². The number of nitriles is 1. The molecule has 5 heteroatoms. The Labute approximate surface area is 111 Å². The molecule has 4 nitrogen and oxygen atoms in total. The van der Waals surface area contributed by atoms with Crippen LogP contribution in [0.5, 0.6) is 0 Å². The Balaban J connectivity index is 2.00. The van der Waals surface area contributed by atoms with Crippen LogP contribution >= 0.6 is 0 Å². The van der Waals surface area contributed by atoms with Crippen molar-refractivity contribution >= 4 is 11.6 Å². The van der Waals surface area contributed by atoms with Crippen molar-refractivity contribution in [1.82, 2.24) is 5.32 Å². The zero-order valence-corrected chi connectivity index (χ0v) is 10.8. The summed E-state index contributed by atoms with van der Waals surface area (Å²) in [6.07, 6.45) is 1.70. The first-order valence-electron chi connectivity index (χ1n) is 6.32. The van der Waals surface area contributed by atoms with Gasteiger partial charge in [0.15, 0.2) is 0 Å². The Hall–Kier alpha value is -2.09. The lowest BCUT2D eigenvalue weighted by Gasteiger charge is -2.33. The van der Waals surface area contributed by atoms with E-state index in [1.807, 2.05) is 6.07 Å². The van der Waals surface area contributed by atoms with Crippen LogP contribution in [0.15, 0.2) is 18.2 Å². The van der Waals surface area contributed by atoms with E-state index in [2.05, 4.69) is 10.2 Å². The zero-order chi connectivity index (χ0) is 13.8. The maximum Gasteiger partial charge on any atom is 0.217 e. The predicted octanol–water partition coefficient (Wildman–Crippen LogP) is 1.80. The van der Waals surface area contributed by atoms with Gasteiger partial charge in [0.05, 0.1) is 5.56 Å². The average molecular weight is 261 g/mol. The molecule has 0 atom stereocenters. The van der Waals surface area contributed by atoms with E-state index in [9.17, 15) is 9.18 Å². The molecule has 1 heterocycles. The number of hydrogen-bond donors (Lipinski definition) is 1. The van der Waals surface area contributed by atoms with Crippen LogP contribution < -0.4 is 10.2 Å². The van der Waals surface area contributed by atoms with E-state index in [-0.39, 0.29) is 17.5 Å². The van der Waals surface area contributed by atoms with Crippen molar-refractivity contribution in [2.45, 2.75) is 25.8 Å². The van der Waals surface area contributed by atoms with Gasteiger partial charge in [0.25, 0.3) is 0 Å². The summed E-state index contributed by atoms with van der Waals surface area (Å²) in [6, 6.07) is 6.69. The SMILES string of the molecule is CC(=O)NC1CCN(c2ccc(C#N)c(F)c2)CC1. The lowest BCUT2D eigenvalue weighted by Crippen LogP contribution is -2.44. The van der Waals surface area contributed by atoms with Gasteiger partial charge in [-0.05, 0) is 31.0 Å². The summed E-state index contributed by atoms with van der Waals surface area (Å²) in [5.74, 6) is -0.494. The summed E-state index contributed by atoms with van der Waals surface area (Å²) < 4.78 is 13.5. The number of nitrogens with zero attached hydrogens (tertiary/aromatic N) is 2. The molecule has 0 aromatic heterocycles. The molecule has 0 saturated carbocycles. The van der Waals surface area contributed by atoms with Gasteiger partial charge in [0, 0.05) is 31.7 Å². The summed E-state index contributed by atoms with van der Waals surface area (Å²) in [6.45, 7) is 3.06. The highest BCUT2D eigenvalue weighted by Crippen LogP contribution is 2.22. The maximum atomic E-state index is 13.5. The molecule has 0 spiro atoms. The second-order valence-electron chi connectivity index (χ2n) is 4.74. The Morgan fingerprint density at radius 2 is 2.16 bits per heavy atom. The Bertz CT molecular complexity index is 516. The van der Waals surface area contributed by atoms with E-state index < -0.39 is 5.82 Å². The van der Waals surface area contributed by atoms with Crippen molar-refractivity contribution in [2.75, 3.05) is 18.0 Å². The summed E-state index contributed by atoms with van der Waals surface area (Å²) in [5, 5.41) is 11.6. The molecule has 0 aliphatic carbocycles. The molecule has 0 unspecified atom stereocenters. The molecule has 1 aromatic carbocycles. The number of hydrogen-bond acceptors (Lipinski definition) is 3. The van der Waals surface area contributed by atoms with Crippen LogP contribution in [-0.4, -0.2) is 25.0 Å². The van der Waals surface area contributed by atoms with Crippen LogP contribution in [0.3, 0.4) is 0 Å². The molecule has 1 N–H and O–H groups in total. The smallest absolute Gasteiger partial charge is 0.217 e. The fraction of sp³-hybridized carbons (Fsp3) is 0.429. The standard InChI is InChI=1S/C14H16FN3O/c1-10(19)17-12-4-6-18(7-5-12)13-3-2-11(9-16)14(15)8-13/h2-3,8,12H,4-7H2,1H3,(H,17,19). The van der Waals surface area contributed by atoms with Crippen LogP contribution in [0.4, 0.5) is 10.1 Å². The van der Waals surface area contributed by atoms with Gasteiger partial charge in [0.1, 0.15) is 11.9 Å². The minimum absolute atomic E-state index is 0.0112. The fourth-order valence-electron chi connectivity index (χ4n) is 2.36. The number of amides is 1. The van der Waals surface area contributed by atoms with Crippen molar-refractivity contribution in [3.8, 4) is 6.07 Å². The van der Waals surface area contributed by atoms with Crippen molar-refractivity contribution in [1.29, 1.82) is 5.26 Å². The number of carbonyl (C=O) groups excluding carboxylic acids is 1. The molecule has 1 saturated heterocycles. The van der Waals surface area contributed by atoms with E-state index in [1.165, 1.54) is 19.1 Å². The molecule has 1 aliphatic heterocycles. The molecule has 1 aliphatic rings. The Morgan fingerprint density at radius 1 is 1.47 bits per heavy atom. The first kappa shape index (κ1) is 13.3. The van der Waals surface area contributed by atoms with Gasteiger partial charge in [0.2, 0.25) is 5.91 Å². The van der Waals surface area contributed by atoms with Crippen molar-refractivity contribution < 1.29 is 9.18 Å². The van der Waals surface area contributed by atoms with Gasteiger partial charge in [-0.3, -0.25) is 4.79 Å². The molecule has 1 amide bonds. The van der Waals surface area contributed by atoms with Crippen LogP contribution in [0.1, 0.15) is 25.3 Å². The number of carbonyl (C=O) groups is 1. The molecule has 1 fully saturated rings. The quantitative estimate of drug-likeness (QED) is 0.883. The topological polar surface area (TPSA) is 56.1 Å². The molecule has 1 aromatic rings. The third-order valence-corrected chi connectivity index (χ3v) is 3.34. The minimum Gasteiger partial charge on any atom is -0.371 e. The number of piperidine rings is 1. The number of halogens is 1. The Morgan fingerprint density at radius 3 is 2.68 bits per heavy atom. The molecule has 0 radical (unpaired) electrons. The fourth-order valence-corrected chi connectivity index (χ4v) is 2.36. The molecule has 0 bridgehead atoms. The van der Waals surface area contributed by atoms with E-state index in [0.29, 0.717) is 0 Å². The van der Waals surface area contributed by atoms with Crippen LogP contribution in [0.2, 0.25) is 0 Å². The highest BCUT2D eigenvalue weighted by Gasteiger charge is 2.20. The summed E-state index contributed by atoms with van der Waals surface area (Å²) in [5.41, 5.74) is 0.856. The molecule has 2 rings (SSSR count). The summed E-state index contributed by atoms with van der Waals surface area (Å²) in [7, 11) is 0. The normalized spacial score (nSPS) is 15.9. The highest BCUT2D eigenvalue weighted by molar-refractivity contribution is 5.73. The number of anilines is 1. The van der Waals surface area contributed by atoms with E-state index in [1.54, 1.807) is 6.07 Å². The van der Waals surface area contributed by atoms with Crippen molar-refractivity contribution in [2.24, 2.45) is 0 Å². The first-order chi connectivity index (χ1) is 9.10. The largest absolute Gasteiger partial charge is 0.371 e. The van der Waals surface area contributed by atoms with Gasteiger partial charge in [-0.15, -0.1) is 0 Å². The highest BCUT2D eigenvalue weighted by atomic mass is 19.1. The monoisotopic (exact) mass is 261 g/mol. The molecular formula is C14H16FN3O. The number of nitrogens with one attached hydrogen (secondary N) is 1. The number of rotatable bonds is 2. The lowest BCUT2D eigenvalue weighted by molar-refractivity contribution is -0.119. The lowest BCUT2D eigenvalue weighted by atomic mass is 10.0. The third-order valence-electron chi connectivity index (χ3n) is 3.34.